The van der Waals surface area contributed by atoms with Gasteiger partial charge in [-0.2, -0.15) is 0 Å². The Hall–Kier alpha value is -1.88. The van der Waals surface area contributed by atoms with Gasteiger partial charge in [0.15, 0.2) is 0 Å². The van der Waals surface area contributed by atoms with Crippen molar-refractivity contribution >= 4 is 16.6 Å². The monoisotopic (exact) mass is 247 g/mol. The molecule has 0 atom stereocenters. The minimum absolute atomic E-state index is 0.0391. The van der Waals surface area contributed by atoms with Gasteiger partial charge in [-0.1, -0.05) is 13.8 Å². The zero-order valence-corrected chi connectivity index (χ0v) is 10.8. The van der Waals surface area contributed by atoms with Gasteiger partial charge in [-0.15, -0.1) is 0 Å². The van der Waals surface area contributed by atoms with E-state index in [9.17, 15) is 10.1 Å². The molecule has 0 radical (unpaired) electrons. The van der Waals surface area contributed by atoms with Crippen molar-refractivity contribution in [2.24, 2.45) is 0 Å². The van der Waals surface area contributed by atoms with Crippen molar-refractivity contribution in [3.05, 3.63) is 40.1 Å². The van der Waals surface area contributed by atoms with Gasteiger partial charge >= 0.3 is 0 Å². The molecule has 0 fully saturated rings. The molecule has 5 heteroatoms. The Morgan fingerprint density at radius 1 is 1.39 bits per heavy atom. The first kappa shape index (κ1) is 12.6. The second-order valence-corrected chi connectivity index (χ2v) is 5.13. The van der Waals surface area contributed by atoms with Gasteiger partial charge in [0.2, 0.25) is 0 Å². The third kappa shape index (κ3) is 2.22. The van der Waals surface area contributed by atoms with E-state index in [0.29, 0.717) is 0 Å². The number of hydrogen-bond acceptors (Lipinski definition) is 3. The minimum Gasteiger partial charge on any atom is -0.358 e. The van der Waals surface area contributed by atoms with Crippen molar-refractivity contribution in [2.75, 3.05) is 13.6 Å². The highest BCUT2D eigenvalue weighted by atomic mass is 16.6. The third-order valence-corrected chi connectivity index (χ3v) is 3.16. The predicted molar refractivity (Wildman–Crippen MR) is 71.9 cm³/mol. The predicted octanol–water partition coefficient (Wildman–Crippen LogP) is 2.57. The molecule has 0 unspecified atom stereocenters. The molecule has 0 aliphatic rings. The Balaban J connectivity index is 2.47. The number of benzene rings is 1. The van der Waals surface area contributed by atoms with E-state index >= 15 is 0 Å². The van der Waals surface area contributed by atoms with Gasteiger partial charge in [0.05, 0.1) is 4.92 Å². The van der Waals surface area contributed by atoms with E-state index in [4.69, 9.17) is 0 Å². The van der Waals surface area contributed by atoms with Crippen LogP contribution in [0.3, 0.4) is 0 Å². The number of hydrogen-bond donors (Lipinski definition) is 2. The van der Waals surface area contributed by atoms with Crippen LogP contribution in [0.1, 0.15) is 19.5 Å². The Morgan fingerprint density at radius 2 is 2.11 bits per heavy atom. The first-order valence-corrected chi connectivity index (χ1v) is 5.86. The number of non-ortho nitro benzene ring substituents is 1. The number of nitrogens with one attached hydrogen (secondary N) is 2. The number of H-pyrrole nitrogens is 1. The molecule has 2 aromatic rings. The number of rotatable bonds is 4. The first-order valence-electron chi connectivity index (χ1n) is 5.86. The average molecular weight is 247 g/mol. The van der Waals surface area contributed by atoms with E-state index < -0.39 is 0 Å². The lowest BCUT2D eigenvalue weighted by molar-refractivity contribution is -0.384. The van der Waals surface area contributed by atoms with E-state index in [1.165, 1.54) is 6.07 Å². The van der Waals surface area contributed by atoms with Gasteiger partial charge in [0, 0.05) is 40.7 Å². The largest absolute Gasteiger partial charge is 0.358 e. The van der Waals surface area contributed by atoms with E-state index in [1.807, 2.05) is 13.1 Å². The van der Waals surface area contributed by atoms with Gasteiger partial charge in [-0.05, 0) is 19.2 Å². The molecule has 18 heavy (non-hydrogen) atoms. The van der Waals surface area contributed by atoms with Crippen molar-refractivity contribution in [2.45, 2.75) is 19.3 Å². The molecule has 0 spiro atoms. The summed E-state index contributed by atoms with van der Waals surface area (Å²) in [4.78, 5) is 13.7. The van der Waals surface area contributed by atoms with Crippen molar-refractivity contribution in [1.82, 2.24) is 10.3 Å². The van der Waals surface area contributed by atoms with Gasteiger partial charge in [0.1, 0.15) is 0 Å². The highest BCUT2D eigenvalue weighted by molar-refractivity contribution is 5.83. The number of aromatic nitrogens is 1. The topological polar surface area (TPSA) is 71.0 Å². The van der Waals surface area contributed by atoms with Gasteiger partial charge in [-0.25, -0.2) is 0 Å². The molecule has 2 rings (SSSR count). The van der Waals surface area contributed by atoms with Gasteiger partial charge in [-0.3, -0.25) is 10.1 Å². The summed E-state index contributed by atoms with van der Waals surface area (Å²) in [6.45, 7) is 5.09. The molecule has 2 N–H and O–H groups in total. The van der Waals surface area contributed by atoms with Crippen LogP contribution in [0.25, 0.3) is 10.9 Å². The molecule has 1 aromatic heterocycles. The molecule has 1 heterocycles. The normalized spacial score (nSPS) is 11.9. The second-order valence-electron chi connectivity index (χ2n) is 5.13. The second kappa shape index (κ2) is 4.42. The lowest BCUT2D eigenvalue weighted by atomic mass is 9.89. The Labute approximate surface area is 105 Å². The standard InChI is InChI=1S/C13H17N3O2/c1-13(2,8-14-3)12-7-9-6-10(16(17)18)4-5-11(9)15-12/h4-7,14-15H,8H2,1-3H3. The summed E-state index contributed by atoms with van der Waals surface area (Å²) >= 11 is 0. The molecular weight excluding hydrogens is 230 g/mol. The summed E-state index contributed by atoms with van der Waals surface area (Å²) in [6.07, 6.45) is 0. The van der Waals surface area contributed by atoms with Crippen LogP contribution in [-0.2, 0) is 5.41 Å². The summed E-state index contributed by atoms with van der Waals surface area (Å²) in [5, 5.41) is 14.8. The molecule has 5 nitrogen and oxygen atoms in total. The maximum Gasteiger partial charge on any atom is 0.270 e. The smallest absolute Gasteiger partial charge is 0.270 e. The SMILES string of the molecule is CNCC(C)(C)c1cc2cc([N+](=O)[O-])ccc2[nH]1. The minimum atomic E-state index is -0.370. The fraction of sp³-hybridized carbons (Fsp3) is 0.385. The Kier molecular flexibility index (Phi) is 3.09. The third-order valence-electron chi connectivity index (χ3n) is 3.16. The van der Waals surface area contributed by atoms with E-state index in [2.05, 4.69) is 24.1 Å². The molecule has 1 aromatic carbocycles. The number of nitro groups is 1. The van der Waals surface area contributed by atoms with E-state index in [0.717, 1.165) is 23.1 Å². The molecule has 0 aliphatic carbocycles. The first-order chi connectivity index (χ1) is 8.44. The average Bonchev–Trinajstić information content (AvgIpc) is 2.71. The van der Waals surface area contributed by atoms with Crippen molar-refractivity contribution < 1.29 is 4.92 Å². The number of nitro benzene ring substituents is 1. The molecule has 0 saturated carbocycles. The van der Waals surface area contributed by atoms with Crippen LogP contribution in [0.4, 0.5) is 5.69 Å². The van der Waals surface area contributed by atoms with Gasteiger partial charge in [0.25, 0.3) is 5.69 Å². The molecular formula is C13H17N3O2. The fourth-order valence-corrected chi connectivity index (χ4v) is 2.14. The van der Waals surface area contributed by atoms with Crippen LogP contribution in [0.15, 0.2) is 24.3 Å². The molecule has 0 amide bonds. The van der Waals surface area contributed by atoms with E-state index in [-0.39, 0.29) is 16.0 Å². The molecule has 96 valence electrons. The maximum atomic E-state index is 10.7. The molecule has 0 saturated heterocycles. The lowest BCUT2D eigenvalue weighted by Crippen LogP contribution is -2.30. The fourth-order valence-electron chi connectivity index (χ4n) is 2.14. The van der Waals surface area contributed by atoms with E-state index in [1.54, 1.807) is 12.1 Å². The highest BCUT2D eigenvalue weighted by Crippen LogP contribution is 2.28. The van der Waals surface area contributed by atoms with Crippen LogP contribution in [0.5, 0.6) is 0 Å². The quantitative estimate of drug-likeness (QED) is 0.644. The van der Waals surface area contributed by atoms with Crippen LogP contribution < -0.4 is 5.32 Å². The van der Waals surface area contributed by atoms with Crippen LogP contribution in [0.2, 0.25) is 0 Å². The molecule has 0 bridgehead atoms. The van der Waals surface area contributed by atoms with Crippen molar-refractivity contribution in [3.8, 4) is 0 Å². The summed E-state index contributed by atoms with van der Waals surface area (Å²) in [5.74, 6) is 0. The summed E-state index contributed by atoms with van der Waals surface area (Å²) in [5.41, 5.74) is 2.09. The van der Waals surface area contributed by atoms with Crippen molar-refractivity contribution in [1.29, 1.82) is 0 Å². The zero-order valence-electron chi connectivity index (χ0n) is 10.8. The van der Waals surface area contributed by atoms with Crippen molar-refractivity contribution in [3.63, 3.8) is 0 Å². The molecule has 0 aliphatic heterocycles. The Bertz CT molecular complexity index is 587. The highest BCUT2D eigenvalue weighted by Gasteiger charge is 2.22. The van der Waals surface area contributed by atoms with Crippen LogP contribution in [0, 0.1) is 10.1 Å². The van der Waals surface area contributed by atoms with Crippen LogP contribution in [-0.4, -0.2) is 23.5 Å². The zero-order chi connectivity index (χ0) is 13.3. The summed E-state index contributed by atoms with van der Waals surface area (Å²) in [7, 11) is 1.91. The number of aromatic amines is 1. The number of fused-ring (bicyclic) bond motifs is 1. The lowest BCUT2D eigenvalue weighted by Gasteiger charge is -2.22. The Morgan fingerprint density at radius 3 is 2.72 bits per heavy atom. The number of likely N-dealkylation sites (N-methyl/N-ethyl adjacent to an activating group) is 1. The maximum absolute atomic E-state index is 10.7. The number of nitrogens with zero attached hydrogens (tertiary/aromatic N) is 1. The van der Waals surface area contributed by atoms with Crippen LogP contribution >= 0.6 is 0 Å². The summed E-state index contributed by atoms with van der Waals surface area (Å²) < 4.78 is 0. The summed E-state index contributed by atoms with van der Waals surface area (Å²) in [6, 6.07) is 6.87. The van der Waals surface area contributed by atoms with Gasteiger partial charge < -0.3 is 10.3 Å².